The van der Waals surface area contributed by atoms with E-state index >= 15 is 4.39 Å². The van der Waals surface area contributed by atoms with E-state index in [0.29, 0.717) is 53.4 Å². The van der Waals surface area contributed by atoms with Gasteiger partial charge < -0.3 is 24.1 Å². The Bertz CT molecular complexity index is 1710. The highest BCUT2D eigenvalue weighted by Crippen LogP contribution is 2.32. The number of fused-ring (bicyclic) bond motifs is 1. The summed E-state index contributed by atoms with van der Waals surface area (Å²) in [4.78, 5) is 35.6. The van der Waals surface area contributed by atoms with E-state index in [1.165, 1.54) is 24.5 Å². The number of hydrogen-bond donors (Lipinski definition) is 1. The first kappa shape index (κ1) is 30.4. The third kappa shape index (κ3) is 6.33. The van der Waals surface area contributed by atoms with Crippen LogP contribution >= 0.6 is 0 Å². The van der Waals surface area contributed by atoms with E-state index in [0.717, 1.165) is 23.8 Å². The van der Waals surface area contributed by atoms with Gasteiger partial charge in [-0.1, -0.05) is 19.9 Å². The Balaban J connectivity index is 1.59. The molecule has 0 unspecified atom stereocenters. The monoisotopic (exact) mass is 574 g/mol. The summed E-state index contributed by atoms with van der Waals surface area (Å²) in [7, 11) is 3.41. The lowest BCUT2D eigenvalue weighted by molar-refractivity contribution is 0.102. The number of hydrogen-bond acceptors (Lipinski definition) is 7. The third-order valence-electron chi connectivity index (χ3n) is 7.04. The molecule has 0 fully saturated rings. The zero-order chi connectivity index (χ0) is 30.4. The minimum Gasteiger partial charge on any atom is -0.489 e. The van der Waals surface area contributed by atoms with Gasteiger partial charge in [0.25, 0.3) is 5.91 Å². The summed E-state index contributed by atoms with van der Waals surface area (Å²) in [5.41, 5.74) is 3.54. The topological polar surface area (TPSA) is 105 Å². The molecular formula is C32H35FN4O5. The van der Waals surface area contributed by atoms with Crippen LogP contribution in [0.5, 0.6) is 17.2 Å². The average Bonchev–Trinajstić information content (AvgIpc) is 2.97. The molecule has 10 heteroatoms. The Morgan fingerprint density at radius 1 is 1.05 bits per heavy atom. The second kappa shape index (κ2) is 13.4. The molecule has 0 aliphatic heterocycles. The zero-order valence-electron chi connectivity index (χ0n) is 24.7. The van der Waals surface area contributed by atoms with Crippen molar-refractivity contribution in [1.82, 2.24) is 14.5 Å². The van der Waals surface area contributed by atoms with Crippen LogP contribution in [-0.2, 0) is 11.8 Å². The number of halogens is 1. The van der Waals surface area contributed by atoms with E-state index in [2.05, 4.69) is 15.3 Å². The van der Waals surface area contributed by atoms with Crippen molar-refractivity contribution in [2.75, 3.05) is 25.6 Å². The fourth-order valence-electron chi connectivity index (χ4n) is 4.72. The standard InChI is InChI=1S/C32H35FN4O5/c1-7-9-21(8-2)28-19(3)37(5)20(4)29(31(28)38)32(39)36-22-10-11-26(24(33)16-22)42-27-12-13-34-25-17-23(18-35-30(25)27)41-15-14-40-6/h9-13,16-18H,7-8,14-15H2,1-6H3,(H,36,39)/b21-9+. The third-order valence-corrected chi connectivity index (χ3v) is 7.04. The molecule has 0 saturated carbocycles. The number of amides is 1. The van der Waals surface area contributed by atoms with E-state index in [1.54, 1.807) is 26.2 Å². The SMILES string of the molecule is CC/C=C(\CC)c1c(C)n(C)c(C)c(C(=O)Nc2ccc(Oc3ccnc4cc(OCCOC)cnc34)c(F)c2)c1=O. The van der Waals surface area contributed by atoms with Crippen molar-refractivity contribution < 1.29 is 23.4 Å². The van der Waals surface area contributed by atoms with Crippen molar-refractivity contribution in [2.45, 2.75) is 40.5 Å². The lowest BCUT2D eigenvalue weighted by atomic mass is 9.96. The van der Waals surface area contributed by atoms with Crippen LogP contribution < -0.4 is 20.2 Å². The molecule has 0 aliphatic carbocycles. The van der Waals surface area contributed by atoms with Gasteiger partial charge in [-0.05, 0) is 44.4 Å². The minimum atomic E-state index is -0.703. The largest absolute Gasteiger partial charge is 0.489 e. The molecule has 4 aromatic rings. The molecule has 4 rings (SSSR count). The lowest BCUT2D eigenvalue weighted by Gasteiger charge is -2.19. The minimum absolute atomic E-state index is 0.0224. The van der Waals surface area contributed by atoms with Gasteiger partial charge in [-0.15, -0.1) is 0 Å². The number of anilines is 1. The Labute approximate surface area is 244 Å². The first-order chi connectivity index (χ1) is 20.2. The van der Waals surface area contributed by atoms with Gasteiger partial charge in [-0.2, -0.15) is 0 Å². The average molecular weight is 575 g/mol. The van der Waals surface area contributed by atoms with Crippen LogP contribution in [0.3, 0.4) is 0 Å². The maximum atomic E-state index is 15.2. The van der Waals surface area contributed by atoms with Crippen molar-refractivity contribution in [2.24, 2.45) is 7.05 Å². The van der Waals surface area contributed by atoms with Crippen molar-refractivity contribution in [1.29, 1.82) is 0 Å². The number of ether oxygens (including phenoxy) is 3. The molecule has 9 nitrogen and oxygen atoms in total. The predicted molar refractivity (Wildman–Crippen MR) is 161 cm³/mol. The van der Waals surface area contributed by atoms with Crippen LogP contribution in [0.25, 0.3) is 16.6 Å². The lowest BCUT2D eigenvalue weighted by Crippen LogP contribution is -2.29. The first-order valence-electron chi connectivity index (χ1n) is 13.7. The highest BCUT2D eigenvalue weighted by atomic mass is 19.1. The van der Waals surface area contributed by atoms with Gasteiger partial charge in [-0.25, -0.2) is 9.37 Å². The Hall–Kier alpha value is -4.57. The Kier molecular flexibility index (Phi) is 9.69. The van der Waals surface area contributed by atoms with Gasteiger partial charge in [0.2, 0.25) is 5.43 Å². The van der Waals surface area contributed by atoms with Gasteiger partial charge >= 0.3 is 0 Å². The van der Waals surface area contributed by atoms with E-state index in [9.17, 15) is 9.59 Å². The molecule has 220 valence electrons. The molecule has 0 bridgehead atoms. The van der Waals surface area contributed by atoms with Crippen LogP contribution in [0.4, 0.5) is 10.1 Å². The molecule has 1 aromatic carbocycles. The summed E-state index contributed by atoms with van der Waals surface area (Å²) in [5.74, 6) is -0.552. The summed E-state index contributed by atoms with van der Waals surface area (Å²) < 4.78 is 33.4. The fourth-order valence-corrected chi connectivity index (χ4v) is 4.72. The first-order valence-corrected chi connectivity index (χ1v) is 13.7. The number of nitrogens with zero attached hydrogens (tertiary/aromatic N) is 3. The molecular weight excluding hydrogens is 539 g/mol. The number of benzene rings is 1. The summed E-state index contributed by atoms with van der Waals surface area (Å²) >= 11 is 0. The van der Waals surface area contributed by atoms with Gasteiger partial charge in [0.1, 0.15) is 23.4 Å². The van der Waals surface area contributed by atoms with Gasteiger partial charge in [0, 0.05) is 61.2 Å². The maximum absolute atomic E-state index is 15.2. The van der Waals surface area contributed by atoms with Gasteiger partial charge in [0.15, 0.2) is 17.3 Å². The van der Waals surface area contributed by atoms with E-state index in [4.69, 9.17) is 14.2 Å². The van der Waals surface area contributed by atoms with Crippen LogP contribution in [-0.4, -0.2) is 40.8 Å². The number of rotatable bonds is 11. The highest BCUT2D eigenvalue weighted by molar-refractivity contribution is 6.05. The van der Waals surface area contributed by atoms with Crippen molar-refractivity contribution in [3.8, 4) is 17.2 Å². The summed E-state index contributed by atoms with van der Waals surface area (Å²) in [5, 5.41) is 2.68. The van der Waals surface area contributed by atoms with E-state index in [-0.39, 0.29) is 22.4 Å². The second-order valence-electron chi connectivity index (χ2n) is 9.69. The molecule has 42 heavy (non-hydrogen) atoms. The molecule has 1 amide bonds. The number of aromatic nitrogens is 3. The van der Waals surface area contributed by atoms with E-state index in [1.807, 2.05) is 38.5 Å². The normalized spacial score (nSPS) is 11.5. The molecule has 3 aromatic heterocycles. The summed E-state index contributed by atoms with van der Waals surface area (Å²) in [6.45, 7) is 8.37. The van der Waals surface area contributed by atoms with Gasteiger partial charge in [-0.3, -0.25) is 14.6 Å². The molecule has 0 aliphatic rings. The van der Waals surface area contributed by atoms with Crippen LogP contribution in [0.2, 0.25) is 0 Å². The second-order valence-corrected chi connectivity index (χ2v) is 9.69. The molecule has 0 atom stereocenters. The highest BCUT2D eigenvalue weighted by Gasteiger charge is 2.23. The molecule has 0 spiro atoms. The molecule has 0 radical (unpaired) electrons. The van der Waals surface area contributed by atoms with Crippen molar-refractivity contribution >= 4 is 28.2 Å². The van der Waals surface area contributed by atoms with Crippen LogP contribution in [0.15, 0.2) is 53.6 Å². The zero-order valence-corrected chi connectivity index (χ0v) is 24.7. The predicted octanol–water partition coefficient (Wildman–Crippen LogP) is 6.36. The van der Waals surface area contributed by atoms with Crippen molar-refractivity contribution in [3.05, 3.63) is 87.4 Å². The Morgan fingerprint density at radius 3 is 2.50 bits per heavy atom. The Morgan fingerprint density at radius 2 is 1.81 bits per heavy atom. The number of pyridine rings is 3. The molecule has 0 saturated heterocycles. The van der Waals surface area contributed by atoms with Gasteiger partial charge in [0.05, 0.1) is 18.3 Å². The number of methoxy groups -OCH3 is 1. The molecule has 1 N–H and O–H groups in total. The maximum Gasteiger partial charge on any atom is 0.261 e. The van der Waals surface area contributed by atoms with E-state index < -0.39 is 11.7 Å². The number of carbonyl (C=O) groups is 1. The summed E-state index contributed by atoms with van der Waals surface area (Å²) in [6.07, 6.45) is 6.50. The smallest absolute Gasteiger partial charge is 0.261 e. The quantitative estimate of drug-likeness (QED) is 0.208. The summed E-state index contributed by atoms with van der Waals surface area (Å²) in [6, 6.07) is 7.36. The van der Waals surface area contributed by atoms with Crippen LogP contribution in [0.1, 0.15) is 54.0 Å². The molecule has 3 heterocycles. The van der Waals surface area contributed by atoms with Crippen molar-refractivity contribution in [3.63, 3.8) is 0 Å². The number of allylic oxidation sites excluding steroid dienone is 2. The number of carbonyl (C=O) groups excluding carboxylic acids is 1. The fraction of sp³-hybridized carbons (Fsp3) is 0.312. The number of nitrogens with one attached hydrogen (secondary N) is 1. The van der Waals surface area contributed by atoms with Crippen LogP contribution in [0, 0.1) is 19.7 Å².